The average molecular weight is 507 g/mol. The lowest BCUT2D eigenvalue weighted by atomic mass is 10.1. The molecular formula is C25H30N8O4. The van der Waals surface area contributed by atoms with Crippen LogP contribution in [0.1, 0.15) is 48.8 Å². The van der Waals surface area contributed by atoms with Crippen molar-refractivity contribution in [2.45, 2.75) is 45.7 Å². The molecule has 2 heterocycles. The number of hydrogen-bond acceptors (Lipinski definition) is 8. The maximum atomic E-state index is 12.9. The zero-order valence-corrected chi connectivity index (χ0v) is 21.0. The minimum absolute atomic E-state index is 0.0697. The van der Waals surface area contributed by atoms with E-state index in [0.29, 0.717) is 25.1 Å². The van der Waals surface area contributed by atoms with Gasteiger partial charge in [0.15, 0.2) is 0 Å². The number of benzene rings is 1. The number of furan rings is 1. The normalized spacial score (nSPS) is 15.5. The van der Waals surface area contributed by atoms with Crippen LogP contribution in [0.2, 0.25) is 0 Å². The monoisotopic (exact) mass is 506 g/mol. The van der Waals surface area contributed by atoms with Crippen molar-refractivity contribution >= 4 is 17.5 Å². The van der Waals surface area contributed by atoms with Crippen LogP contribution < -0.4 is 22.1 Å². The molecular weight excluding hydrogens is 476 g/mol. The number of carbonyl (C=O) groups excluding carboxylic acids is 2. The van der Waals surface area contributed by atoms with Gasteiger partial charge in [-0.15, -0.1) is 0 Å². The summed E-state index contributed by atoms with van der Waals surface area (Å²) in [6, 6.07) is 7.12. The summed E-state index contributed by atoms with van der Waals surface area (Å²) in [5, 5.41) is 13.3. The molecule has 0 bridgehead atoms. The van der Waals surface area contributed by atoms with E-state index in [0.717, 1.165) is 33.6 Å². The standard InChI is InChI=1S/C25H30N8O4/c1-4-18-10-15(14-37-18)13-28-24(35)22(27-5-2)12-20(26)23(34)29-21-9-6-16-11-17(7-8-19(16)21)33-25(36)32(3)30-31-33/h7-8,10-12,14,21H,4-6,9,13,26H2,1-3H3,(H,28,35)(H,29,34)/b20-12-,27-22?/t21-/m0/s1. The summed E-state index contributed by atoms with van der Waals surface area (Å²) in [6.45, 7) is 4.40. The zero-order chi connectivity index (χ0) is 26.5. The first-order valence-electron chi connectivity index (χ1n) is 12.1. The highest BCUT2D eigenvalue weighted by molar-refractivity contribution is 6.44. The van der Waals surface area contributed by atoms with Crippen LogP contribution in [0.25, 0.3) is 5.69 Å². The fourth-order valence-electron chi connectivity index (χ4n) is 4.15. The second-order valence-corrected chi connectivity index (χ2v) is 8.66. The van der Waals surface area contributed by atoms with Crippen molar-refractivity contribution in [3.8, 4) is 5.69 Å². The maximum Gasteiger partial charge on any atom is 0.368 e. The second kappa shape index (κ2) is 11.1. The smallest absolute Gasteiger partial charge is 0.368 e. The van der Waals surface area contributed by atoms with Crippen LogP contribution in [0.5, 0.6) is 0 Å². The van der Waals surface area contributed by atoms with E-state index in [1.807, 2.05) is 25.1 Å². The van der Waals surface area contributed by atoms with Crippen LogP contribution >= 0.6 is 0 Å². The van der Waals surface area contributed by atoms with Crippen molar-refractivity contribution in [2.24, 2.45) is 17.8 Å². The number of hydrogen-bond donors (Lipinski definition) is 3. The molecule has 1 atom stereocenters. The van der Waals surface area contributed by atoms with Crippen molar-refractivity contribution in [3.63, 3.8) is 0 Å². The highest BCUT2D eigenvalue weighted by Gasteiger charge is 2.26. The van der Waals surface area contributed by atoms with Crippen molar-refractivity contribution in [1.29, 1.82) is 0 Å². The van der Waals surface area contributed by atoms with E-state index >= 15 is 0 Å². The predicted molar refractivity (Wildman–Crippen MR) is 136 cm³/mol. The summed E-state index contributed by atoms with van der Waals surface area (Å²) >= 11 is 0. The van der Waals surface area contributed by atoms with Gasteiger partial charge in [0.1, 0.15) is 11.5 Å². The molecule has 37 heavy (non-hydrogen) atoms. The summed E-state index contributed by atoms with van der Waals surface area (Å²) < 4.78 is 7.76. The topological polar surface area (TPSA) is 162 Å². The van der Waals surface area contributed by atoms with Gasteiger partial charge in [0.05, 0.1) is 23.7 Å². The molecule has 194 valence electrons. The van der Waals surface area contributed by atoms with Crippen LogP contribution in [0, 0.1) is 0 Å². The van der Waals surface area contributed by atoms with E-state index in [-0.39, 0.29) is 29.7 Å². The molecule has 12 heteroatoms. The van der Waals surface area contributed by atoms with E-state index in [4.69, 9.17) is 10.2 Å². The molecule has 4 rings (SSSR count). The highest BCUT2D eigenvalue weighted by atomic mass is 16.3. The first-order chi connectivity index (χ1) is 17.8. The van der Waals surface area contributed by atoms with Gasteiger partial charge in [-0.3, -0.25) is 14.6 Å². The van der Waals surface area contributed by atoms with Crippen molar-refractivity contribution in [3.05, 3.63) is 75.2 Å². The molecule has 1 aromatic carbocycles. The molecule has 0 saturated heterocycles. The molecule has 12 nitrogen and oxygen atoms in total. The molecule has 2 aromatic heterocycles. The zero-order valence-electron chi connectivity index (χ0n) is 21.0. The van der Waals surface area contributed by atoms with Gasteiger partial charge in [-0.1, -0.05) is 13.0 Å². The molecule has 0 unspecified atom stereocenters. The maximum absolute atomic E-state index is 12.9. The summed E-state index contributed by atoms with van der Waals surface area (Å²) in [6.07, 6.45) is 5.04. The van der Waals surface area contributed by atoms with Gasteiger partial charge in [-0.05, 0) is 65.6 Å². The number of aliphatic imine (C=N–C) groups is 1. The number of nitrogens with zero attached hydrogens (tertiary/aromatic N) is 5. The highest BCUT2D eigenvalue weighted by Crippen LogP contribution is 2.32. The third-order valence-electron chi connectivity index (χ3n) is 6.10. The quantitative estimate of drug-likeness (QED) is 0.286. The van der Waals surface area contributed by atoms with Gasteiger partial charge >= 0.3 is 5.69 Å². The number of nitrogens with two attached hydrogens (primary N) is 1. The lowest BCUT2D eigenvalue weighted by molar-refractivity contribution is -0.118. The number of carbonyl (C=O) groups is 2. The Morgan fingerprint density at radius 3 is 2.73 bits per heavy atom. The van der Waals surface area contributed by atoms with Gasteiger partial charge in [0.25, 0.3) is 11.8 Å². The molecule has 0 radical (unpaired) electrons. The Kier molecular flexibility index (Phi) is 7.66. The van der Waals surface area contributed by atoms with E-state index in [1.165, 1.54) is 17.8 Å². The lowest BCUT2D eigenvalue weighted by Crippen LogP contribution is -2.34. The van der Waals surface area contributed by atoms with E-state index in [9.17, 15) is 14.4 Å². The summed E-state index contributed by atoms with van der Waals surface area (Å²) in [5.74, 6) is -0.0965. The largest absolute Gasteiger partial charge is 0.469 e. The predicted octanol–water partition coefficient (Wildman–Crippen LogP) is 0.845. The molecule has 4 N–H and O–H groups in total. The van der Waals surface area contributed by atoms with Crippen molar-refractivity contribution in [2.75, 3.05) is 6.54 Å². The Morgan fingerprint density at radius 1 is 1.24 bits per heavy atom. The van der Waals surface area contributed by atoms with E-state index in [2.05, 4.69) is 26.1 Å². The third kappa shape index (κ3) is 5.68. The lowest BCUT2D eigenvalue weighted by Gasteiger charge is -2.15. The molecule has 0 spiro atoms. The minimum Gasteiger partial charge on any atom is -0.469 e. The first kappa shape index (κ1) is 25.6. The number of amides is 2. The SMILES string of the molecule is CCN=C(/C=C(\N)C(=O)N[C@H]1CCc2cc(-n3nnn(C)c3=O)ccc21)C(=O)NCc1coc(CC)c1. The Hall–Kier alpha value is -4.48. The van der Waals surface area contributed by atoms with Crippen LogP contribution in [0.15, 0.2) is 56.5 Å². The number of aromatic nitrogens is 4. The van der Waals surface area contributed by atoms with Gasteiger partial charge < -0.3 is 20.8 Å². The van der Waals surface area contributed by atoms with Crippen LogP contribution in [0.4, 0.5) is 0 Å². The van der Waals surface area contributed by atoms with Crippen LogP contribution in [0.3, 0.4) is 0 Å². The second-order valence-electron chi connectivity index (χ2n) is 8.66. The number of tetrazole rings is 1. The molecule has 1 aliphatic carbocycles. The number of fused-ring (bicyclic) bond motifs is 1. The average Bonchev–Trinajstić information content (AvgIpc) is 3.61. The fourth-order valence-corrected chi connectivity index (χ4v) is 4.15. The summed E-state index contributed by atoms with van der Waals surface area (Å²) in [4.78, 5) is 41.9. The Bertz CT molecular complexity index is 1430. The fraction of sp³-hybridized carbons (Fsp3) is 0.360. The van der Waals surface area contributed by atoms with Gasteiger partial charge in [-0.2, -0.15) is 9.36 Å². The molecule has 2 amide bonds. The molecule has 3 aromatic rings. The van der Waals surface area contributed by atoms with E-state index in [1.54, 1.807) is 19.3 Å². The van der Waals surface area contributed by atoms with Gasteiger partial charge in [0, 0.05) is 32.1 Å². The minimum atomic E-state index is -0.494. The number of rotatable bonds is 9. The number of nitrogens with one attached hydrogen (secondary N) is 2. The van der Waals surface area contributed by atoms with Crippen LogP contribution in [-0.2, 0) is 36.0 Å². The van der Waals surface area contributed by atoms with Crippen molar-refractivity contribution in [1.82, 2.24) is 30.4 Å². The molecule has 0 fully saturated rings. The Labute approximate surface area is 213 Å². The molecule has 1 aliphatic rings. The Morgan fingerprint density at radius 2 is 2.05 bits per heavy atom. The van der Waals surface area contributed by atoms with E-state index < -0.39 is 11.8 Å². The van der Waals surface area contributed by atoms with Gasteiger partial charge in [0.2, 0.25) is 0 Å². The van der Waals surface area contributed by atoms with Gasteiger partial charge in [-0.25, -0.2) is 4.79 Å². The Balaban J connectivity index is 1.41. The van der Waals surface area contributed by atoms with Crippen molar-refractivity contribution < 1.29 is 14.0 Å². The summed E-state index contributed by atoms with van der Waals surface area (Å²) in [5.41, 5.74) is 9.04. The van der Waals surface area contributed by atoms with Crippen LogP contribution in [-0.4, -0.2) is 43.9 Å². The number of aryl methyl sites for hydroxylation is 3. The third-order valence-corrected chi connectivity index (χ3v) is 6.10. The molecule has 0 saturated carbocycles. The first-order valence-corrected chi connectivity index (χ1v) is 12.1. The molecule has 0 aliphatic heterocycles. The summed E-state index contributed by atoms with van der Waals surface area (Å²) in [7, 11) is 1.53.